The maximum atomic E-state index is 10.6. The van der Waals surface area contributed by atoms with Crippen molar-refractivity contribution in [1.82, 2.24) is 0 Å². The summed E-state index contributed by atoms with van der Waals surface area (Å²) in [5.74, 6) is -1.24. The van der Waals surface area contributed by atoms with Gasteiger partial charge in [-0.15, -0.1) is 0 Å². The quantitative estimate of drug-likeness (QED) is 0.832. The highest BCUT2D eigenvalue weighted by atomic mass is 35.5. The maximum Gasteiger partial charge on any atom is 0.308 e. The summed E-state index contributed by atoms with van der Waals surface area (Å²) in [4.78, 5) is 10.6. The molecule has 0 aromatic heterocycles. The Kier molecular flexibility index (Phi) is 3.97. The molecule has 1 atom stereocenters. The van der Waals surface area contributed by atoms with Crippen molar-refractivity contribution in [3.63, 3.8) is 0 Å². The first-order valence-corrected chi connectivity index (χ1v) is 5.12. The van der Waals surface area contributed by atoms with E-state index in [0.717, 1.165) is 11.3 Å². The second kappa shape index (κ2) is 5.03. The Bertz CT molecular complexity index is 345. The van der Waals surface area contributed by atoms with Crippen molar-refractivity contribution in [2.24, 2.45) is 5.92 Å². The van der Waals surface area contributed by atoms with Gasteiger partial charge in [-0.05, 0) is 18.6 Å². The normalized spacial score (nSPS) is 12.2. The van der Waals surface area contributed by atoms with Gasteiger partial charge in [-0.25, -0.2) is 0 Å². The monoisotopic (exact) mass is 227 g/mol. The molecule has 1 aromatic carbocycles. The number of rotatable bonds is 4. The molecule has 15 heavy (non-hydrogen) atoms. The van der Waals surface area contributed by atoms with E-state index in [4.69, 9.17) is 16.7 Å². The van der Waals surface area contributed by atoms with E-state index in [1.54, 1.807) is 13.0 Å². The van der Waals surface area contributed by atoms with Crippen molar-refractivity contribution >= 4 is 23.3 Å². The molecule has 0 saturated carbocycles. The summed E-state index contributed by atoms with van der Waals surface area (Å²) in [6.45, 7) is 3.96. The van der Waals surface area contributed by atoms with E-state index in [1.165, 1.54) is 0 Å². The number of halogens is 1. The number of benzene rings is 1. The summed E-state index contributed by atoms with van der Waals surface area (Å²) in [5.41, 5.74) is 1.83. The van der Waals surface area contributed by atoms with Gasteiger partial charge in [-0.1, -0.05) is 30.7 Å². The number of aryl methyl sites for hydroxylation is 1. The average Bonchev–Trinajstić information content (AvgIpc) is 2.16. The Hall–Kier alpha value is -1.22. The maximum absolute atomic E-state index is 10.6. The van der Waals surface area contributed by atoms with E-state index >= 15 is 0 Å². The van der Waals surface area contributed by atoms with Gasteiger partial charge in [-0.3, -0.25) is 4.79 Å². The molecule has 0 aliphatic heterocycles. The highest BCUT2D eigenvalue weighted by Gasteiger charge is 2.11. The standard InChI is InChI=1S/C11H14ClNO2/c1-7-4-3-5-9(12)10(7)13-6-8(2)11(14)15/h3-5,8,13H,6H2,1-2H3,(H,14,15). The Morgan fingerprint density at radius 1 is 1.60 bits per heavy atom. The van der Waals surface area contributed by atoms with Crippen LogP contribution in [0.3, 0.4) is 0 Å². The predicted octanol–water partition coefficient (Wildman–Crippen LogP) is 2.78. The fourth-order valence-corrected chi connectivity index (χ4v) is 1.49. The van der Waals surface area contributed by atoms with Gasteiger partial charge in [-0.2, -0.15) is 0 Å². The second-order valence-corrected chi connectivity index (χ2v) is 3.96. The van der Waals surface area contributed by atoms with Crippen molar-refractivity contribution in [2.75, 3.05) is 11.9 Å². The second-order valence-electron chi connectivity index (χ2n) is 3.55. The van der Waals surface area contributed by atoms with E-state index in [1.807, 2.05) is 19.1 Å². The van der Waals surface area contributed by atoms with Crippen molar-refractivity contribution < 1.29 is 9.90 Å². The zero-order valence-electron chi connectivity index (χ0n) is 8.75. The summed E-state index contributed by atoms with van der Waals surface area (Å²) in [6, 6.07) is 5.57. The molecule has 0 spiro atoms. The number of anilines is 1. The molecule has 0 heterocycles. The van der Waals surface area contributed by atoms with Crippen LogP contribution in [-0.4, -0.2) is 17.6 Å². The summed E-state index contributed by atoms with van der Waals surface area (Å²) in [6.07, 6.45) is 0. The van der Waals surface area contributed by atoms with Crippen molar-refractivity contribution in [3.05, 3.63) is 28.8 Å². The lowest BCUT2D eigenvalue weighted by Gasteiger charge is -2.13. The molecule has 1 aromatic rings. The molecular formula is C11H14ClNO2. The molecule has 3 nitrogen and oxygen atoms in total. The first-order valence-electron chi connectivity index (χ1n) is 4.74. The number of hydrogen-bond donors (Lipinski definition) is 2. The van der Waals surface area contributed by atoms with Gasteiger partial charge >= 0.3 is 5.97 Å². The van der Waals surface area contributed by atoms with Crippen LogP contribution < -0.4 is 5.32 Å². The molecule has 1 unspecified atom stereocenters. The minimum absolute atomic E-state index is 0.375. The van der Waals surface area contributed by atoms with E-state index < -0.39 is 11.9 Å². The molecule has 0 saturated heterocycles. The van der Waals surface area contributed by atoms with Crippen LogP contribution in [0, 0.1) is 12.8 Å². The molecule has 0 aliphatic carbocycles. The molecule has 82 valence electrons. The fraction of sp³-hybridized carbons (Fsp3) is 0.364. The van der Waals surface area contributed by atoms with E-state index in [0.29, 0.717) is 11.6 Å². The molecule has 2 N–H and O–H groups in total. The number of aliphatic carboxylic acids is 1. The molecule has 0 aliphatic rings. The van der Waals surface area contributed by atoms with Crippen LogP contribution >= 0.6 is 11.6 Å². The molecule has 0 amide bonds. The number of para-hydroxylation sites is 1. The van der Waals surface area contributed by atoms with Gasteiger partial charge in [0.2, 0.25) is 0 Å². The summed E-state index contributed by atoms with van der Waals surface area (Å²) in [7, 11) is 0. The molecule has 4 heteroatoms. The van der Waals surface area contributed by atoms with Gasteiger partial charge in [0.05, 0.1) is 16.6 Å². The first-order chi connectivity index (χ1) is 7.02. The van der Waals surface area contributed by atoms with Gasteiger partial charge in [0.1, 0.15) is 0 Å². The van der Waals surface area contributed by atoms with Gasteiger partial charge in [0, 0.05) is 6.54 Å². The molecule has 0 bridgehead atoms. The number of carboxylic acids is 1. The Labute approximate surface area is 94.1 Å². The molecule has 1 rings (SSSR count). The van der Waals surface area contributed by atoms with E-state index in [9.17, 15) is 4.79 Å². The Morgan fingerprint density at radius 3 is 2.80 bits per heavy atom. The third-order valence-corrected chi connectivity index (χ3v) is 2.54. The Morgan fingerprint density at radius 2 is 2.27 bits per heavy atom. The summed E-state index contributed by atoms with van der Waals surface area (Å²) >= 11 is 5.98. The van der Waals surface area contributed by atoms with Gasteiger partial charge < -0.3 is 10.4 Å². The summed E-state index contributed by atoms with van der Waals surface area (Å²) in [5, 5.41) is 12.4. The largest absolute Gasteiger partial charge is 0.481 e. The highest BCUT2D eigenvalue weighted by molar-refractivity contribution is 6.33. The van der Waals surface area contributed by atoms with Crippen molar-refractivity contribution in [2.45, 2.75) is 13.8 Å². The lowest BCUT2D eigenvalue weighted by atomic mass is 10.1. The van der Waals surface area contributed by atoms with E-state index in [-0.39, 0.29) is 0 Å². The van der Waals surface area contributed by atoms with Crippen molar-refractivity contribution in [3.8, 4) is 0 Å². The number of carbonyl (C=O) groups is 1. The lowest BCUT2D eigenvalue weighted by molar-refractivity contribution is -0.140. The van der Waals surface area contributed by atoms with Crippen molar-refractivity contribution in [1.29, 1.82) is 0 Å². The molecular weight excluding hydrogens is 214 g/mol. The minimum Gasteiger partial charge on any atom is -0.481 e. The van der Waals surface area contributed by atoms with Gasteiger partial charge in [0.15, 0.2) is 0 Å². The topological polar surface area (TPSA) is 49.3 Å². The minimum atomic E-state index is -0.813. The van der Waals surface area contributed by atoms with Crippen LogP contribution in [0.4, 0.5) is 5.69 Å². The van der Waals surface area contributed by atoms with Crippen LogP contribution in [0.2, 0.25) is 5.02 Å². The molecule has 0 fully saturated rings. The number of nitrogens with one attached hydrogen (secondary N) is 1. The van der Waals surface area contributed by atoms with E-state index in [2.05, 4.69) is 5.32 Å². The Balaban J connectivity index is 2.69. The fourth-order valence-electron chi connectivity index (χ4n) is 1.20. The average molecular weight is 228 g/mol. The SMILES string of the molecule is Cc1cccc(Cl)c1NCC(C)C(=O)O. The molecule has 0 radical (unpaired) electrons. The van der Waals surface area contributed by atoms with Crippen LogP contribution in [0.5, 0.6) is 0 Å². The number of carboxylic acid groups (broad SMARTS) is 1. The highest BCUT2D eigenvalue weighted by Crippen LogP contribution is 2.25. The summed E-state index contributed by atoms with van der Waals surface area (Å²) < 4.78 is 0. The first kappa shape index (κ1) is 11.9. The van der Waals surface area contributed by atoms with Crippen LogP contribution in [0.15, 0.2) is 18.2 Å². The number of hydrogen-bond acceptors (Lipinski definition) is 2. The zero-order chi connectivity index (χ0) is 11.4. The van der Waals surface area contributed by atoms with Crippen LogP contribution in [0.25, 0.3) is 0 Å². The smallest absolute Gasteiger partial charge is 0.308 e. The predicted molar refractivity (Wildman–Crippen MR) is 61.5 cm³/mol. The van der Waals surface area contributed by atoms with Gasteiger partial charge in [0.25, 0.3) is 0 Å². The van der Waals surface area contributed by atoms with Crippen LogP contribution in [0.1, 0.15) is 12.5 Å². The van der Waals surface area contributed by atoms with Crippen LogP contribution in [-0.2, 0) is 4.79 Å². The lowest BCUT2D eigenvalue weighted by Crippen LogP contribution is -2.20. The third kappa shape index (κ3) is 3.13. The third-order valence-electron chi connectivity index (χ3n) is 2.23. The zero-order valence-corrected chi connectivity index (χ0v) is 9.51.